The quantitative estimate of drug-likeness (QED) is 0.864. The summed E-state index contributed by atoms with van der Waals surface area (Å²) in [7, 11) is 0. The van der Waals surface area contributed by atoms with Gasteiger partial charge in [0.05, 0.1) is 11.9 Å². The molecule has 4 nitrogen and oxygen atoms in total. The third-order valence-electron chi connectivity index (χ3n) is 4.41. The average Bonchev–Trinajstić information content (AvgIpc) is 3.11. The summed E-state index contributed by atoms with van der Waals surface area (Å²) in [6, 6.07) is 8.19. The number of rotatable bonds is 6. The van der Waals surface area contributed by atoms with E-state index in [1.165, 1.54) is 31.4 Å². The molecule has 1 aromatic rings. The van der Waals surface area contributed by atoms with Crippen LogP contribution in [0.5, 0.6) is 0 Å². The van der Waals surface area contributed by atoms with Crippen molar-refractivity contribution >= 4 is 29.0 Å². The summed E-state index contributed by atoms with van der Waals surface area (Å²) in [5, 5.41) is 3.02. The van der Waals surface area contributed by atoms with Crippen LogP contribution in [0, 0.1) is 0 Å². The van der Waals surface area contributed by atoms with E-state index in [4.69, 9.17) is 4.74 Å². The van der Waals surface area contributed by atoms with Gasteiger partial charge >= 0.3 is 0 Å². The molecule has 5 heteroatoms. The van der Waals surface area contributed by atoms with Gasteiger partial charge in [-0.05, 0) is 50.3 Å². The molecule has 126 valence electrons. The zero-order valence-electron chi connectivity index (χ0n) is 13.6. The highest BCUT2D eigenvalue weighted by molar-refractivity contribution is 8.00. The first-order valence-electron chi connectivity index (χ1n) is 8.65. The number of benzene rings is 1. The molecule has 0 saturated carbocycles. The SMILES string of the molecule is O=C(CSC[C@H]1CCCCO1)Nc1cccc(N2CCCC2)c1. The second kappa shape index (κ2) is 8.60. The van der Waals surface area contributed by atoms with Gasteiger partial charge in [-0.1, -0.05) is 6.07 Å². The van der Waals surface area contributed by atoms with Crippen LogP contribution in [0.4, 0.5) is 11.4 Å². The van der Waals surface area contributed by atoms with E-state index >= 15 is 0 Å². The second-order valence-corrected chi connectivity index (χ2v) is 7.33. The molecule has 2 heterocycles. The molecule has 0 radical (unpaired) electrons. The molecule has 2 fully saturated rings. The van der Waals surface area contributed by atoms with Crippen molar-refractivity contribution in [3.8, 4) is 0 Å². The Morgan fingerprint density at radius 1 is 1.26 bits per heavy atom. The van der Waals surface area contributed by atoms with Gasteiger partial charge in [-0.25, -0.2) is 0 Å². The number of anilines is 2. The minimum absolute atomic E-state index is 0.0735. The first-order chi connectivity index (χ1) is 11.3. The fourth-order valence-corrected chi connectivity index (χ4v) is 4.08. The zero-order chi connectivity index (χ0) is 15.9. The van der Waals surface area contributed by atoms with Crippen LogP contribution in [0.25, 0.3) is 0 Å². The van der Waals surface area contributed by atoms with E-state index in [0.29, 0.717) is 11.9 Å². The van der Waals surface area contributed by atoms with Crippen molar-refractivity contribution in [2.75, 3.05) is 41.4 Å². The molecule has 23 heavy (non-hydrogen) atoms. The minimum atomic E-state index is 0.0735. The molecule has 0 spiro atoms. The van der Waals surface area contributed by atoms with Crippen LogP contribution in [-0.4, -0.2) is 43.2 Å². The van der Waals surface area contributed by atoms with E-state index < -0.39 is 0 Å². The van der Waals surface area contributed by atoms with E-state index in [2.05, 4.69) is 22.3 Å². The second-order valence-electron chi connectivity index (χ2n) is 6.30. The van der Waals surface area contributed by atoms with Crippen molar-refractivity contribution in [2.24, 2.45) is 0 Å². The molecular weight excluding hydrogens is 308 g/mol. The summed E-state index contributed by atoms with van der Waals surface area (Å²) in [5.41, 5.74) is 2.11. The topological polar surface area (TPSA) is 41.6 Å². The highest BCUT2D eigenvalue weighted by Gasteiger charge is 2.15. The van der Waals surface area contributed by atoms with Gasteiger partial charge in [0.15, 0.2) is 0 Å². The molecule has 0 unspecified atom stereocenters. The van der Waals surface area contributed by atoms with E-state index in [1.807, 2.05) is 12.1 Å². The number of thioether (sulfide) groups is 1. The molecule has 2 aliphatic rings. The minimum Gasteiger partial charge on any atom is -0.377 e. The molecule has 0 aliphatic carbocycles. The van der Waals surface area contributed by atoms with Crippen LogP contribution in [-0.2, 0) is 9.53 Å². The number of nitrogens with zero attached hydrogens (tertiary/aromatic N) is 1. The maximum absolute atomic E-state index is 12.1. The van der Waals surface area contributed by atoms with E-state index in [1.54, 1.807) is 11.8 Å². The normalized spacial score (nSPS) is 21.4. The van der Waals surface area contributed by atoms with E-state index in [-0.39, 0.29) is 5.91 Å². The Morgan fingerprint density at radius 2 is 2.13 bits per heavy atom. The van der Waals surface area contributed by atoms with Crippen molar-refractivity contribution in [2.45, 2.75) is 38.2 Å². The molecule has 2 aliphatic heterocycles. The van der Waals surface area contributed by atoms with Gasteiger partial charge in [0, 0.05) is 36.8 Å². The summed E-state index contributed by atoms with van der Waals surface area (Å²) in [6.45, 7) is 3.12. The molecule has 1 N–H and O–H groups in total. The molecule has 1 aromatic carbocycles. The fraction of sp³-hybridized carbons (Fsp3) is 0.611. The Morgan fingerprint density at radius 3 is 2.91 bits per heavy atom. The Hall–Kier alpha value is -1.20. The average molecular weight is 334 g/mol. The van der Waals surface area contributed by atoms with Crippen LogP contribution in [0.3, 0.4) is 0 Å². The number of hydrogen-bond acceptors (Lipinski definition) is 4. The van der Waals surface area contributed by atoms with Crippen molar-refractivity contribution in [3.63, 3.8) is 0 Å². The molecule has 0 aromatic heterocycles. The van der Waals surface area contributed by atoms with Gasteiger partial charge < -0.3 is 15.0 Å². The van der Waals surface area contributed by atoms with Crippen LogP contribution in [0.1, 0.15) is 32.1 Å². The first kappa shape index (κ1) is 16.7. The van der Waals surface area contributed by atoms with E-state index in [9.17, 15) is 4.79 Å². The van der Waals surface area contributed by atoms with Crippen molar-refractivity contribution < 1.29 is 9.53 Å². The lowest BCUT2D eigenvalue weighted by atomic mass is 10.1. The van der Waals surface area contributed by atoms with Crippen molar-refractivity contribution in [1.82, 2.24) is 0 Å². The van der Waals surface area contributed by atoms with Crippen LogP contribution < -0.4 is 10.2 Å². The summed E-state index contributed by atoms with van der Waals surface area (Å²) in [6.07, 6.45) is 6.41. The molecule has 0 bridgehead atoms. The molecular formula is C18H26N2O2S. The van der Waals surface area contributed by atoms with Crippen LogP contribution >= 0.6 is 11.8 Å². The largest absolute Gasteiger partial charge is 0.377 e. The third kappa shape index (κ3) is 5.15. The predicted molar refractivity (Wildman–Crippen MR) is 97.4 cm³/mol. The van der Waals surface area contributed by atoms with Crippen molar-refractivity contribution in [3.05, 3.63) is 24.3 Å². The Balaban J connectivity index is 1.43. The van der Waals surface area contributed by atoms with Gasteiger partial charge in [0.1, 0.15) is 0 Å². The number of carbonyl (C=O) groups is 1. The lowest BCUT2D eigenvalue weighted by molar-refractivity contribution is -0.113. The van der Waals surface area contributed by atoms with Gasteiger partial charge in [-0.2, -0.15) is 0 Å². The maximum atomic E-state index is 12.1. The molecule has 2 saturated heterocycles. The Kier molecular flexibility index (Phi) is 6.22. The highest BCUT2D eigenvalue weighted by Crippen LogP contribution is 2.23. The van der Waals surface area contributed by atoms with Crippen LogP contribution in [0.15, 0.2) is 24.3 Å². The Labute approximate surface area is 143 Å². The summed E-state index contributed by atoms with van der Waals surface area (Å²) in [4.78, 5) is 14.5. The number of carbonyl (C=O) groups excluding carboxylic acids is 1. The molecule has 1 amide bonds. The third-order valence-corrected chi connectivity index (χ3v) is 5.49. The van der Waals surface area contributed by atoms with Gasteiger partial charge in [-0.3, -0.25) is 4.79 Å². The van der Waals surface area contributed by atoms with Crippen molar-refractivity contribution in [1.29, 1.82) is 0 Å². The number of nitrogens with one attached hydrogen (secondary N) is 1. The first-order valence-corrected chi connectivity index (χ1v) is 9.81. The summed E-state index contributed by atoms with van der Waals surface area (Å²) in [5.74, 6) is 1.49. The van der Waals surface area contributed by atoms with Gasteiger partial charge in [0.2, 0.25) is 5.91 Å². The predicted octanol–water partition coefficient (Wildman–Crippen LogP) is 3.53. The number of amides is 1. The lowest BCUT2D eigenvalue weighted by Gasteiger charge is -2.22. The molecule has 3 rings (SSSR count). The Bertz CT molecular complexity index is 511. The van der Waals surface area contributed by atoms with Crippen LogP contribution in [0.2, 0.25) is 0 Å². The number of hydrogen-bond donors (Lipinski definition) is 1. The lowest BCUT2D eigenvalue weighted by Crippen LogP contribution is -2.23. The summed E-state index contributed by atoms with van der Waals surface area (Å²) < 4.78 is 5.69. The summed E-state index contributed by atoms with van der Waals surface area (Å²) >= 11 is 1.67. The highest BCUT2D eigenvalue weighted by atomic mass is 32.2. The number of ether oxygens (including phenoxy) is 1. The maximum Gasteiger partial charge on any atom is 0.234 e. The fourth-order valence-electron chi connectivity index (χ4n) is 3.17. The standard InChI is InChI=1S/C18H26N2O2S/c21-18(14-23-13-17-8-1-4-11-22-17)19-15-6-5-7-16(12-15)20-9-2-3-10-20/h5-7,12,17H,1-4,8-11,13-14H2,(H,19,21)/t17-/m1/s1. The molecule has 1 atom stereocenters. The van der Waals surface area contributed by atoms with Gasteiger partial charge in [0.25, 0.3) is 0 Å². The van der Waals surface area contributed by atoms with E-state index in [0.717, 1.165) is 37.6 Å². The smallest absolute Gasteiger partial charge is 0.234 e. The monoisotopic (exact) mass is 334 g/mol. The zero-order valence-corrected chi connectivity index (χ0v) is 14.4. The van der Waals surface area contributed by atoms with Gasteiger partial charge in [-0.15, -0.1) is 11.8 Å².